The summed E-state index contributed by atoms with van der Waals surface area (Å²) in [6, 6.07) is 17.0. The summed E-state index contributed by atoms with van der Waals surface area (Å²) in [5, 5.41) is 7.03. The van der Waals surface area contributed by atoms with E-state index in [9.17, 15) is 0 Å². The third-order valence-corrected chi connectivity index (χ3v) is 3.70. The highest BCUT2D eigenvalue weighted by molar-refractivity contribution is 14.0. The maximum Gasteiger partial charge on any atom is 0.193 e. The average molecular weight is 480 g/mol. The van der Waals surface area contributed by atoms with Crippen molar-refractivity contribution in [3.05, 3.63) is 60.3 Å². The molecule has 2 aromatic carbocycles. The van der Waals surface area contributed by atoms with E-state index in [1.54, 1.807) is 32.4 Å². The molecule has 0 aliphatic heterocycles. The van der Waals surface area contributed by atoms with Crippen molar-refractivity contribution >= 4 is 35.6 Å². The van der Waals surface area contributed by atoms with Crippen LogP contribution in [0.5, 0.6) is 11.5 Å². The van der Waals surface area contributed by atoms with Crippen molar-refractivity contribution in [3.8, 4) is 22.8 Å². The van der Waals surface area contributed by atoms with Gasteiger partial charge in [-0.3, -0.25) is 0 Å². The van der Waals surface area contributed by atoms with Crippen LogP contribution in [0.15, 0.2) is 64.1 Å². The van der Waals surface area contributed by atoms with Crippen LogP contribution in [-0.4, -0.2) is 25.3 Å². The molecule has 8 heteroatoms. The first kappa shape index (κ1) is 20.6. The summed E-state index contributed by atoms with van der Waals surface area (Å²) in [6.45, 7) is 0.293. The number of aliphatic imine (C=N–C) groups is 1. The van der Waals surface area contributed by atoms with Gasteiger partial charge in [0.1, 0.15) is 17.2 Å². The van der Waals surface area contributed by atoms with Gasteiger partial charge in [-0.2, -0.15) is 0 Å². The summed E-state index contributed by atoms with van der Waals surface area (Å²) in [5.74, 6) is 2.25. The number of nitrogens with zero attached hydrogens (tertiary/aromatic N) is 2. The van der Waals surface area contributed by atoms with Crippen LogP contribution in [0.25, 0.3) is 11.3 Å². The Morgan fingerprint density at radius 3 is 2.59 bits per heavy atom. The largest absolute Gasteiger partial charge is 0.497 e. The Hall–Kier alpha value is -2.75. The Kier molecular flexibility index (Phi) is 7.47. The van der Waals surface area contributed by atoms with Gasteiger partial charge in [0.25, 0.3) is 0 Å². The maximum absolute atomic E-state index is 5.97. The number of aromatic nitrogens is 1. The SMILES string of the molecule is COc1ccc(OC)c(NC(N)=NCc2cc(-c3ccccc3)on2)c1.I. The minimum absolute atomic E-state index is 0. The summed E-state index contributed by atoms with van der Waals surface area (Å²) in [6.07, 6.45) is 0. The highest BCUT2D eigenvalue weighted by atomic mass is 127. The van der Waals surface area contributed by atoms with Crippen molar-refractivity contribution in [1.82, 2.24) is 5.16 Å². The number of anilines is 1. The molecule has 27 heavy (non-hydrogen) atoms. The summed E-state index contributed by atoms with van der Waals surface area (Å²) in [7, 11) is 3.18. The molecule has 3 rings (SSSR count). The smallest absolute Gasteiger partial charge is 0.193 e. The number of halogens is 1. The maximum atomic E-state index is 5.97. The van der Waals surface area contributed by atoms with E-state index < -0.39 is 0 Å². The molecule has 1 aromatic heterocycles. The Balaban J connectivity index is 0.00000261. The number of nitrogens with one attached hydrogen (secondary N) is 1. The van der Waals surface area contributed by atoms with E-state index in [4.69, 9.17) is 19.7 Å². The standard InChI is InChI=1S/C19H20N4O3.HI/c1-24-15-8-9-17(25-2)16(11-15)22-19(20)21-12-14-10-18(26-23-14)13-6-4-3-5-7-13;/h3-11H,12H2,1-2H3,(H3,20,21,22);1H. The number of methoxy groups -OCH3 is 2. The third kappa shape index (κ3) is 5.36. The highest BCUT2D eigenvalue weighted by Gasteiger charge is 2.08. The average Bonchev–Trinajstić information content (AvgIpc) is 3.16. The van der Waals surface area contributed by atoms with Crippen molar-refractivity contribution in [2.45, 2.75) is 6.54 Å². The van der Waals surface area contributed by atoms with Crippen LogP contribution < -0.4 is 20.5 Å². The molecular formula is C19H21IN4O3. The number of ether oxygens (including phenoxy) is 2. The van der Waals surface area contributed by atoms with Gasteiger partial charge in [-0.1, -0.05) is 35.5 Å². The Morgan fingerprint density at radius 2 is 1.89 bits per heavy atom. The second-order valence-corrected chi connectivity index (χ2v) is 5.44. The number of guanidine groups is 1. The number of hydrogen-bond donors (Lipinski definition) is 2. The summed E-state index contributed by atoms with van der Waals surface area (Å²) >= 11 is 0. The molecule has 0 fully saturated rings. The van der Waals surface area contributed by atoms with Gasteiger partial charge in [0.2, 0.25) is 0 Å². The third-order valence-electron chi connectivity index (χ3n) is 3.70. The number of hydrogen-bond acceptors (Lipinski definition) is 5. The molecule has 3 aromatic rings. The van der Waals surface area contributed by atoms with Crippen molar-refractivity contribution in [2.24, 2.45) is 10.7 Å². The second-order valence-electron chi connectivity index (χ2n) is 5.44. The quantitative estimate of drug-likeness (QED) is 0.316. The molecular weight excluding hydrogens is 459 g/mol. The molecule has 0 radical (unpaired) electrons. The molecule has 142 valence electrons. The van der Waals surface area contributed by atoms with Gasteiger partial charge in [0.15, 0.2) is 11.7 Å². The molecule has 0 unspecified atom stereocenters. The second kappa shape index (κ2) is 9.81. The van der Waals surface area contributed by atoms with Crippen LogP contribution in [0.1, 0.15) is 5.69 Å². The normalized spacial score (nSPS) is 10.8. The number of benzene rings is 2. The van der Waals surface area contributed by atoms with Crippen molar-refractivity contribution in [3.63, 3.8) is 0 Å². The summed E-state index contributed by atoms with van der Waals surface area (Å²) < 4.78 is 15.9. The number of nitrogens with two attached hydrogens (primary N) is 1. The molecule has 7 nitrogen and oxygen atoms in total. The predicted octanol–water partition coefficient (Wildman–Crippen LogP) is 3.90. The topological polar surface area (TPSA) is 94.9 Å². The van der Waals surface area contributed by atoms with Gasteiger partial charge in [-0.25, -0.2) is 4.99 Å². The van der Waals surface area contributed by atoms with E-state index >= 15 is 0 Å². The lowest BCUT2D eigenvalue weighted by Crippen LogP contribution is -2.23. The predicted molar refractivity (Wildman–Crippen MR) is 116 cm³/mol. The van der Waals surface area contributed by atoms with Crippen LogP contribution in [0.2, 0.25) is 0 Å². The van der Waals surface area contributed by atoms with Crippen LogP contribution in [0.4, 0.5) is 5.69 Å². The Bertz CT molecular complexity index is 897. The summed E-state index contributed by atoms with van der Waals surface area (Å²) in [4.78, 5) is 4.29. The van der Waals surface area contributed by atoms with Gasteiger partial charge in [-0.15, -0.1) is 24.0 Å². The molecule has 0 amide bonds. The minimum Gasteiger partial charge on any atom is -0.497 e. The Labute approximate surface area is 174 Å². The van der Waals surface area contributed by atoms with Gasteiger partial charge < -0.3 is 25.0 Å². The van der Waals surface area contributed by atoms with Crippen molar-refractivity contribution in [2.75, 3.05) is 19.5 Å². The van der Waals surface area contributed by atoms with Gasteiger partial charge >= 0.3 is 0 Å². The number of rotatable bonds is 6. The molecule has 0 bridgehead atoms. The zero-order valence-corrected chi connectivity index (χ0v) is 17.3. The van der Waals surface area contributed by atoms with E-state index in [2.05, 4.69) is 15.5 Å². The molecule has 0 spiro atoms. The van der Waals surface area contributed by atoms with Gasteiger partial charge in [0, 0.05) is 17.7 Å². The van der Waals surface area contributed by atoms with Gasteiger partial charge in [-0.05, 0) is 12.1 Å². The minimum atomic E-state index is 0. The molecule has 3 N–H and O–H groups in total. The zero-order valence-electron chi connectivity index (χ0n) is 15.0. The van der Waals surface area contributed by atoms with Gasteiger partial charge in [0.05, 0.1) is 26.5 Å². The molecule has 0 atom stereocenters. The van der Waals surface area contributed by atoms with Crippen molar-refractivity contribution < 1.29 is 14.0 Å². The van der Waals surface area contributed by atoms with E-state index in [0.717, 1.165) is 5.56 Å². The molecule has 1 heterocycles. The van der Waals surface area contributed by atoms with E-state index in [1.165, 1.54) is 0 Å². The van der Waals surface area contributed by atoms with Crippen molar-refractivity contribution in [1.29, 1.82) is 0 Å². The first-order chi connectivity index (χ1) is 12.7. The molecule has 0 saturated heterocycles. The fourth-order valence-corrected chi connectivity index (χ4v) is 2.38. The van der Waals surface area contributed by atoms with E-state index in [0.29, 0.717) is 35.2 Å². The van der Waals surface area contributed by atoms with E-state index in [-0.39, 0.29) is 29.9 Å². The lowest BCUT2D eigenvalue weighted by atomic mass is 10.2. The van der Waals surface area contributed by atoms with E-state index in [1.807, 2.05) is 36.4 Å². The lowest BCUT2D eigenvalue weighted by Gasteiger charge is -2.11. The Morgan fingerprint density at radius 1 is 1.11 bits per heavy atom. The van der Waals surface area contributed by atoms with Crippen LogP contribution in [0.3, 0.4) is 0 Å². The molecule has 0 saturated carbocycles. The summed E-state index contributed by atoms with van der Waals surface area (Å²) in [5.41, 5.74) is 8.28. The highest BCUT2D eigenvalue weighted by Crippen LogP contribution is 2.28. The van der Waals surface area contributed by atoms with Crippen LogP contribution in [-0.2, 0) is 6.54 Å². The molecule has 0 aliphatic carbocycles. The fourth-order valence-electron chi connectivity index (χ4n) is 2.38. The fraction of sp³-hybridized carbons (Fsp3) is 0.158. The monoisotopic (exact) mass is 480 g/mol. The lowest BCUT2D eigenvalue weighted by molar-refractivity contribution is 0.405. The van der Waals surface area contributed by atoms with Crippen LogP contribution >= 0.6 is 24.0 Å². The van der Waals surface area contributed by atoms with Crippen LogP contribution in [0, 0.1) is 0 Å². The zero-order chi connectivity index (χ0) is 18.4. The molecule has 0 aliphatic rings. The first-order valence-corrected chi connectivity index (χ1v) is 7.99. The first-order valence-electron chi connectivity index (χ1n) is 7.99.